The molecule has 82 valence electrons. The van der Waals surface area contributed by atoms with Crippen LogP contribution in [0.15, 0.2) is 30.3 Å². The minimum atomic E-state index is -3.05. The summed E-state index contributed by atoms with van der Waals surface area (Å²) in [5, 5.41) is 11.4. The number of nitrogens with two attached hydrogens (primary N) is 1. The average Bonchev–Trinajstić information content (AvgIpc) is 2.41. The number of para-hydroxylation sites is 1. The molecule has 0 unspecified atom stereocenters. The molecule has 1 heterocycles. The fourth-order valence-electron chi connectivity index (χ4n) is 1.83. The van der Waals surface area contributed by atoms with Gasteiger partial charge in [-0.3, -0.25) is 0 Å². The molecule has 1 fully saturated rings. The Morgan fingerprint density at radius 2 is 1.87 bits per heavy atom. The minimum absolute atomic E-state index is 0.0586. The zero-order valence-electron chi connectivity index (χ0n) is 8.20. The van der Waals surface area contributed by atoms with Crippen molar-refractivity contribution in [3.8, 4) is 0 Å². The molecule has 3 N–H and O–H groups in total. The Bertz CT molecular complexity index is 429. The Hall–Kier alpha value is -0.910. The van der Waals surface area contributed by atoms with Crippen LogP contribution in [0.1, 0.15) is 0 Å². The number of rotatable bonds is 2. The monoisotopic (exact) mass is 228 g/mol. The maximum absolute atomic E-state index is 11.3. The maximum Gasteiger partial charge on any atom is 0.159 e. The summed E-state index contributed by atoms with van der Waals surface area (Å²) in [6.07, 6.45) is -0.754. The van der Waals surface area contributed by atoms with Gasteiger partial charge in [0.25, 0.3) is 0 Å². The number of quaternary nitrogens is 1. The number of aliphatic hydroxyl groups excluding tert-OH is 1. The van der Waals surface area contributed by atoms with Crippen molar-refractivity contribution >= 4 is 15.5 Å². The lowest BCUT2D eigenvalue weighted by Crippen LogP contribution is -2.87. The van der Waals surface area contributed by atoms with E-state index in [4.69, 9.17) is 0 Å². The molecule has 15 heavy (non-hydrogen) atoms. The van der Waals surface area contributed by atoms with Gasteiger partial charge in [0.2, 0.25) is 0 Å². The number of aliphatic hydroxyl groups is 1. The molecule has 5 heteroatoms. The van der Waals surface area contributed by atoms with Gasteiger partial charge in [-0.15, -0.1) is 0 Å². The maximum atomic E-state index is 11.3. The lowest BCUT2D eigenvalue weighted by molar-refractivity contribution is -0.613. The third kappa shape index (κ3) is 2.56. The Balaban J connectivity index is 2.08. The lowest BCUT2D eigenvalue weighted by atomic mass is 10.2. The number of hydrogen-bond donors (Lipinski definition) is 2. The van der Waals surface area contributed by atoms with E-state index in [1.54, 1.807) is 0 Å². The first-order chi connectivity index (χ1) is 7.07. The van der Waals surface area contributed by atoms with E-state index >= 15 is 0 Å². The second-order valence-corrected chi connectivity index (χ2v) is 6.04. The SMILES string of the molecule is O=S1(=O)C[C@@H](O)[C@@H]([NH2+]c2ccccc2)C1. The van der Waals surface area contributed by atoms with E-state index < -0.39 is 15.9 Å². The number of sulfone groups is 1. The highest BCUT2D eigenvalue weighted by molar-refractivity contribution is 7.91. The van der Waals surface area contributed by atoms with Crippen LogP contribution in [0.2, 0.25) is 0 Å². The Kier molecular flexibility index (Phi) is 2.77. The molecule has 1 saturated heterocycles. The highest BCUT2D eigenvalue weighted by Gasteiger charge is 2.39. The first-order valence-corrected chi connectivity index (χ1v) is 6.67. The van der Waals surface area contributed by atoms with E-state index in [2.05, 4.69) is 0 Å². The predicted octanol–water partition coefficient (Wildman–Crippen LogP) is -0.961. The van der Waals surface area contributed by atoms with E-state index in [9.17, 15) is 13.5 Å². The van der Waals surface area contributed by atoms with Crippen molar-refractivity contribution in [3.05, 3.63) is 30.3 Å². The fourth-order valence-corrected chi connectivity index (χ4v) is 3.64. The molecule has 1 aromatic rings. The summed E-state index contributed by atoms with van der Waals surface area (Å²) in [5.74, 6) is -0.0515. The first kappa shape index (κ1) is 10.6. The van der Waals surface area contributed by atoms with Gasteiger partial charge in [-0.25, -0.2) is 8.42 Å². The summed E-state index contributed by atoms with van der Waals surface area (Å²) in [6.45, 7) is 0. The van der Waals surface area contributed by atoms with Crippen molar-refractivity contribution in [1.82, 2.24) is 0 Å². The summed E-state index contributed by atoms with van der Waals surface area (Å²) in [4.78, 5) is 0. The summed E-state index contributed by atoms with van der Waals surface area (Å²) in [7, 11) is -3.05. The van der Waals surface area contributed by atoms with Crippen molar-refractivity contribution in [2.24, 2.45) is 0 Å². The molecule has 2 atom stereocenters. The molecule has 0 amide bonds. The Morgan fingerprint density at radius 3 is 2.40 bits per heavy atom. The van der Waals surface area contributed by atoms with Gasteiger partial charge in [0.15, 0.2) is 9.84 Å². The normalized spacial score (nSPS) is 29.1. The Morgan fingerprint density at radius 1 is 1.20 bits per heavy atom. The minimum Gasteiger partial charge on any atom is -0.386 e. The molecule has 1 aromatic carbocycles. The molecule has 1 aliphatic rings. The van der Waals surface area contributed by atoms with Crippen LogP contribution >= 0.6 is 0 Å². The van der Waals surface area contributed by atoms with Gasteiger partial charge in [0.05, 0.1) is 5.75 Å². The van der Waals surface area contributed by atoms with Gasteiger partial charge in [-0.05, 0) is 12.1 Å². The molecular formula is C10H14NO3S+. The highest BCUT2D eigenvalue weighted by Crippen LogP contribution is 2.10. The molecule has 4 nitrogen and oxygen atoms in total. The molecular weight excluding hydrogens is 214 g/mol. The lowest BCUT2D eigenvalue weighted by Gasteiger charge is -2.10. The highest BCUT2D eigenvalue weighted by atomic mass is 32.2. The van der Waals surface area contributed by atoms with E-state index in [0.29, 0.717) is 0 Å². The summed E-state index contributed by atoms with van der Waals surface area (Å²) in [6, 6.07) is 9.22. The van der Waals surface area contributed by atoms with E-state index in [1.807, 2.05) is 35.6 Å². The molecule has 0 saturated carbocycles. The largest absolute Gasteiger partial charge is 0.386 e. The topological polar surface area (TPSA) is 71.0 Å². The van der Waals surface area contributed by atoms with Crippen LogP contribution in [0.4, 0.5) is 5.69 Å². The standard InChI is InChI=1S/C10H13NO3S/c12-10-7-15(13,14)6-9(10)11-8-4-2-1-3-5-8/h1-5,9-12H,6-7H2/p+1/t9-,10+/m0/s1. The van der Waals surface area contributed by atoms with Crippen molar-refractivity contribution in [1.29, 1.82) is 0 Å². The van der Waals surface area contributed by atoms with Gasteiger partial charge in [0, 0.05) is 0 Å². The average molecular weight is 228 g/mol. The van der Waals surface area contributed by atoms with Crippen LogP contribution in [-0.2, 0) is 9.84 Å². The van der Waals surface area contributed by atoms with Crippen LogP contribution < -0.4 is 5.32 Å². The fraction of sp³-hybridized carbons (Fsp3) is 0.400. The number of hydrogen-bond acceptors (Lipinski definition) is 3. The second-order valence-electron chi connectivity index (χ2n) is 3.89. The van der Waals surface area contributed by atoms with Crippen LogP contribution in [0.25, 0.3) is 0 Å². The zero-order valence-corrected chi connectivity index (χ0v) is 9.02. The number of benzene rings is 1. The summed E-state index contributed by atoms with van der Waals surface area (Å²) in [5.41, 5.74) is 0.957. The van der Waals surface area contributed by atoms with Crippen molar-refractivity contribution in [3.63, 3.8) is 0 Å². The third-order valence-electron chi connectivity index (χ3n) is 2.57. The van der Waals surface area contributed by atoms with E-state index in [0.717, 1.165) is 5.69 Å². The quantitative estimate of drug-likeness (QED) is 0.640. The molecule has 1 aliphatic heterocycles. The smallest absolute Gasteiger partial charge is 0.159 e. The van der Waals surface area contributed by atoms with E-state index in [1.165, 1.54) is 0 Å². The molecule has 0 aliphatic carbocycles. The van der Waals surface area contributed by atoms with Crippen molar-refractivity contribution in [2.75, 3.05) is 11.5 Å². The summed E-state index contributed by atoms with van der Waals surface area (Å²) >= 11 is 0. The molecule has 2 rings (SSSR count). The van der Waals surface area contributed by atoms with Crippen LogP contribution in [0.5, 0.6) is 0 Å². The second kappa shape index (κ2) is 3.92. The van der Waals surface area contributed by atoms with Crippen molar-refractivity contribution in [2.45, 2.75) is 12.1 Å². The predicted molar refractivity (Wildman–Crippen MR) is 56.5 cm³/mol. The van der Waals surface area contributed by atoms with Crippen LogP contribution in [0.3, 0.4) is 0 Å². The summed E-state index contributed by atoms with van der Waals surface area (Å²) < 4.78 is 22.5. The molecule has 0 radical (unpaired) electrons. The van der Waals surface area contributed by atoms with Gasteiger partial charge in [0.1, 0.15) is 23.6 Å². The van der Waals surface area contributed by atoms with Gasteiger partial charge in [-0.2, -0.15) is 0 Å². The van der Waals surface area contributed by atoms with Gasteiger partial charge < -0.3 is 10.4 Å². The van der Waals surface area contributed by atoms with Gasteiger partial charge in [-0.1, -0.05) is 18.2 Å². The molecule has 0 aromatic heterocycles. The Labute approximate surface area is 88.9 Å². The van der Waals surface area contributed by atoms with E-state index in [-0.39, 0.29) is 17.5 Å². The van der Waals surface area contributed by atoms with Crippen LogP contribution in [-0.4, -0.2) is 37.2 Å². The first-order valence-electron chi connectivity index (χ1n) is 4.85. The third-order valence-corrected chi connectivity index (χ3v) is 4.31. The van der Waals surface area contributed by atoms with Gasteiger partial charge >= 0.3 is 0 Å². The van der Waals surface area contributed by atoms with Crippen molar-refractivity contribution < 1.29 is 18.8 Å². The zero-order chi connectivity index (χ0) is 10.9. The molecule has 0 bridgehead atoms. The molecule has 0 spiro atoms. The van der Waals surface area contributed by atoms with Crippen LogP contribution in [0, 0.1) is 0 Å².